The summed E-state index contributed by atoms with van der Waals surface area (Å²) in [6.45, 7) is 0.797. The minimum atomic E-state index is 0.405. The van der Waals surface area contributed by atoms with Gasteiger partial charge in [0.05, 0.1) is 19.1 Å². The summed E-state index contributed by atoms with van der Waals surface area (Å²) < 4.78 is 10.9. The lowest BCUT2D eigenvalue weighted by atomic mass is 9.84. The number of fused-ring (bicyclic) bond motifs is 1. The van der Waals surface area contributed by atoms with Crippen molar-refractivity contribution in [1.29, 1.82) is 0 Å². The van der Waals surface area contributed by atoms with Gasteiger partial charge in [0.2, 0.25) is 0 Å². The topological polar surface area (TPSA) is 34.4 Å². The zero-order chi connectivity index (χ0) is 13.1. The van der Waals surface area contributed by atoms with Gasteiger partial charge in [-0.25, -0.2) is 0 Å². The van der Waals surface area contributed by atoms with Gasteiger partial charge in [-0.2, -0.15) is 0 Å². The van der Waals surface area contributed by atoms with Gasteiger partial charge in [-0.3, -0.25) is 0 Å². The van der Waals surface area contributed by atoms with Gasteiger partial charge in [0, 0.05) is 12.0 Å². The highest BCUT2D eigenvalue weighted by atomic mass is 16.5. The van der Waals surface area contributed by atoms with Gasteiger partial charge in [0.1, 0.15) is 5.75 Å². The van der Waals surface area contributed by atoms with E-state index in [1.807, 2.05) is 25.4 Å². The molecular weight excluding hydrogens is 238 g/mol. The van der Waals surface area contributed by atoms with Crippen molar-refractivity contribution in [2.24, 2.45) is 0 Å². The second-order valence-corrected chi connectivity index (χ2v) is 5.01. The number of furan rings is 1. The normalized spacial score (nSPS) is 19.5. The molecule has 2 atom stereocenters. The maximum Gasteiger partial charge on any atom is 0.122 e. The fraction of sp³-hybridized carbons (Fsp3) is 0.375. The SMILES string of the molecule is CNC(Cc1ccoc1)C1CCOc2ccccc21. The molecule has 2 aromatic rings. The van der Waals surface area contributed by atoms with Crippen molar-refractivity contribution in [3.63, 3.8) is 0 Å². The van der Waals surface area contributed by atoms with Crippen molar-refractivity contribution in [2.45, 2.75) is 24.8 Å². The summed E-state index contributed by atoms with van der Waals surface area (Å²) in [5.74, 6) is 1.52. The number of rotatable bonds is 4. The first-order valence-electron chi connectivity index (χ1n) is 6.78. The second-order valence-electron chi connectivity index (χ2n) is 5.01. The maximum absolute atomic E-state index is 5.74. The Hall–Kier alpha value is -1.74. The minimum absolute atomic E-state index is 0.405. The average Bonchev–Trinajstić information content (AvgIpc) is 2.97. The number of hydrogen-bond donors (Lipinski definition) is 1. The van der Waals surface area contributed by atoms with Gasteiger partial charge in [-0.1, -0.05) is 18.2 Å². The van der Waals surface area contributed by atoms with Crippen LogP contribution in [0.4, 0.5) is 0 Å². The highest BCUT2D eigenvalue weighted by Gasteiger charge is 2.28. The fourth-order valence-electron chi connectivity index (χ4n) is 2.90. The molecule has 3 rings (SSSR count). The molecule has 2 unspecified atom stereocenters. The molecule has 1 aromatic carbocycles. The van der Waals surface area contributed by atoms with E-state index in [0.717, 1.165) is 25.2 Å². The molecule has 2 heterocycles. The highest BCUT2D eigenvalue weighted by molar-refractivity contribution is 5.39. The van der Waals surface area contributed by atoms with Crippen LogP contribution in [-0.4, -0.2) is 19.7 Å². The molecule has 19 heavy (non-hydrogen) atoms. The monoisotopic (exact) mass is 257 g/mol. The average molecular weight is 257 g/mol. The van der Waals surface area contributed by atoms with Crippen molar-refractivity contribution in [2.75, 3.05) is 13.7 Å². The summed E-state index contributed by atoms with van der Waals surface area (Å²) >= 11 is 0. The number of hydrogen-bond acceptors (Lipinski definition) is 3. The lowest BCUT2D eigenvalue weighted by molar-refractivity contribution is 0.247. The first-order valence-corrected chi connectivity index (χ1v) is 6.78. The van der Waals surface area contributed by atoms with E-state index in [2.05, 4.69) is 23.5 Å². The molecule has 1 aliphatic heterocycles. The van der Waals surface area contributed by atoms with Gasteiger partial charge < -0.3 is 14.5 Å². The molecule has 0 spiro atoms. The third kappa shape index (κ3) is 2.51. The fourth-order valence-corrected chi connectivity index (χ4v) is 2.90. The summed E-state index contributed by atoms with van der Waals surface area (Å²) in [4.78, 5) is 0. The van der Waals surface area contributed by atoms with Crippen LogP contribution in [0.15, 0.2) is 47.3 Å². The van der Waals surface area contributed by atoms with Crippen LogP contribution in [-0.2, 0) is 6.42 Å². The third-order valence-corrected chi connectivity index (χ3v) is 3.90. The van der Waals surface area contributed by atoms with Gasteiger partial charge in [0.15, 0.2) is 0 Å². The summed E-state index contributed by atoms with van der Waals surface area (Å²) in [6.07, 6.45) is 5.60. The molecule has 0 aliphatic carbocycles. The van der Waals surface area contributed by atoms with Crippen molar-refractivity contribution < 1.29 is 9.15 Å². The van der Waals surface area contributed by atoms with Crippen LogP contribution < -0.4 is 10.1 Å². The molecule has 0 radical (unpaired) electrons. The Labute approximate surface area is 113 Å². The van der Waals surface area contributed by atoms with E-state index in [9.17, 15) is 0 Å². The largest absolute Gasteiger partial charge is 0.493 e. The van der Waals surface area contributed by atoms with E-state index in [1.165, 1.54) is 11.1 Å². The van der Waals surface area contributed by atoms with E-state index in [4.69, 9.17) is 9.15 Å². The van der Waals surface area contributed by atoms with Crippen LogP contribution in [0.2, 0.25) is 0 Å². The van der Waals surface area contributed by atoms with E-state index in [1.54, 1.807) is 6.26 Å². The summed E-state index contributed by atoms with van der Waals surface area (Å²) in [7, 11) is 2.03. The molecule has 3 nitrogen and oxygen atoms in total. The number of ether oxygens (including phenoxy) is 1. The van der Waals surface area contributed by atoms with Gasteiger partial charge in [0.25, 0.3) is 0 Å². The summed E-state index contributed by atoms with van der Waals surface area (Å²) in [6, 6.07) is 10.8. The Bertz CT molecular complexity index is 521. The summed E-state index contributed by atoms with van der Waals surface area (Å²) in [5, 5.41) is 3.45. The first kappa shape index (κ1) is 12.3. The zero-order valence-corrected chi connectivity index (χ0v) is 11.1. The molecule has 0 bridgehead atoms. The Morgan fingerprint density at radius 1 is 1.32 bits per heavy atom. The third-order valence-electron chi connectivity index (χ3n) is 3.90. The van der Waals surface area contributed by atoms with E-state index in [0.29, 0.717) is 12.0 Å². The molecule has 1 aliphatic rings. The predicted molar refractivity (Wildman–Crippen MR) is 74.6 cm³/mol. The van der Waals surface area contributed by atoms with E-state index >= 15 is 0 Å². The van der Waals surface area contributed by atoms with E-state index < -0.39 is 0 Å². The van der Waals surface area contributed by atoms with Crippen molar-refractivity contribution in [1.82, 2.24) is 5.32 Å². The predicted octanol–water partition coefficient (Wildman–Crippen LogP) is 2.98. The zero-order valence-electron chi connectivity index (χ0n) is 11.1. The standard InChI is InChI=1S/C16H19NO2/c1-17-15(10-12-6-8-18-11-12)13-7-9-19-16-5-3-2-4-14(13)16/h2-6,8,11,13,15,17H,7,9-10H2,1H3. The number of nitrogens with one attached hydrogen (secondary N) is 1. The molecule has 100 valence electrons. The van der Waals surface area contributed by atoms with Crippen LogP contribution in [0.5, 0.6) is 5.75 Å². The summed E-state index contributed by atoms with van der Waals surface area (Å²) in [5.41, 5.74) is 2.56. The van der Waals surface area contributed by atoms with Crippen LogP contribution in [0.3, 0.4) is 0 Å². The Morgan fingerprint density at radius 3 is 3.00 bits per heavy atom. The van der Waals surface area contributed by atoms with Crippen LogP contribution in [0, 0.1) is 0 Å². The lowest BCUT2D eigenvalue weighted by Crippen LogP contribution is -2.36. The second kappa shape index (κ2) is 5.49. The lowest BCUT2D eigenvalue weighted by Gasteiger charge is -2.32. The molecule has 0 saturated heterocycles. The first-order chi connectivity index (χ1) is 9.38. The molecule has 1 aromatic heterocycles. The number of para-hydroxylation sites is 1. The Morgan fingerprint density at radius 2 is 2.21 bits per heavy atom. The maximum atomic E-state index is 5.74. The van der Waals surface area contributed by atoms with Crippen molar-refractivity contribution >= 4 is 0 Å². The Kier molecular flexibility index (Phi) is 3.56. The number of likely N-dealkylation sites (N-methyl/N-ethyl adjacent to an activating group) is 1. The molecule has 0 saturated carbocycles. The quantitative estimate of drug-likeness (QED) is 0.914. The minimum Gasteiger partial charge on any atom is -0.493 e. The van der Waals surface area contributed by atoms with Crippen molar-refractivity contribution in [3.8, 4) is 5.75 Å². The van der Waals surface area contributed by atoms with Crippen LogP contribution in [0.25, 0.3) is 0 Å². The molecular formula is C16H19NO2. The Balaban J connectivity index is 1.84. The van der Waals surface area contributed by atoms with Crippen LogP contribution in [0.1, 0.15) is 23.5 Å². The van der Waals surface area contributed by atoms with E-state index in [-0.39, 0.29) is 0 Å². The van der Waals surface area contributed by atoms with Gasteiger partial charge in [-0.05, 0) is 43.1 Å². The van der Waals surface area contributed by atoms with Crippen LogP contribution >= 0.6 is 0 Å². The van der Waals surface area contributed by atoms with Gasteiger partial charge >= 0.3 is 0 Å². The highest BCUT2D eigenvalue weighted by Crippen LogP contribution is 2.36. The smallest absolute Gasteiger partial charge is 0.122 e. The molecule has 1 N–H and O–H groups in total. The molecule has 0 amide bonds. The molecule has 0 fully saturated rings. The number of benzene rings is 1. The van der Waals surface area contributed by atoms with Gasteiger partial charge in [-0.15, -0.1) is 0 Å². The van der Waals surface area contributed by atoms with Crippen molar-refractivity contribution in [3.05, 3.63) is 54.0 Å². The molecule has 3 heteroatoms.